The second-order valence-electron chi connectivity index (χ2n) is 4.70. The monoisotopic (exact) mass is 244 g/mol. The molecule has 0 atom stereocenters. The Kier molecular flexibility index (Phi) is 2.70. The molecular formula is C14H16N2O2. The van der Waals surface area contributed by atoms with Gasteiger partial charge in [0.25, 0.3) is 0 Å². The van der Waals surface area contributed by atoms with E-state index >= 15 is 0 Å². The van der Waals surface area contributed by atoms with E-state index in [0.29, 0.717) is 12.6 Å². The number of benzene rings is 1. The van der Waals surface area contributed by atoms with Gasteiger partial charge < -0.3 is 4.74 Å². The number of aromatic nitrogens is 2. The number of hydrogen-bond donors (Lipinski definition) is 0. The lowest BCUT2D eigenvalue weighted by molar-refractivity contribution is 0.414. The second kappa shape index (κ2) is 4.37. The molecule has 4 nitrogen and oxygen atoms in total. The number of nitrogens with zero attached hydrogens (tertiary/aromatic N) is 2. The van der Waals surface area contributed by atoms with E-state index in [-0.39, 0.29) is 5.69 Å². The van der Waals surface area contributed by atoms with Crippen LogP contribution in [0.1, 0.15) is 24.4 Å². The summed E-state index contributed by atoms with van der Waals surface area (Å²) < 4.78 is 8.70. The van der Waals surface area contributed by atoms with Gasteiger partial charge in [-0.2, -0.15) is 0 Å². The zero-order chi connectivity index (χ0) is 12.5. The predicted octanol–water partition coefficient (Wildman–Crippen LogP) is 2.04. The van der Waals surface area contributed by atoms with Crippen LogP contribution in [0, 0.1) is 0 Å². The van der Waals surface area contributed by atoms with E-state index in [1.54, 1.807) is 11.7 Å². The van der Waals surface area contributed by atoms with Crippen molar-refractivity contribution in [3.05, 3.63) is 52.7 Å². The summed E-state index contributed by atoms with van der Waals surface area (Å²) in [4.78, 5) is 12.1. The third-order valence-electron chi connectivity index (χ3n) is 3.33. The molecular weight excluding hydrogens is 228 g/mol. The van der Waals surface area contributed by atoms with E-state index in [1.165, 1.54) is 0 Å². The van der Waals surface area contributed by atoms with E-state index in [4.69, 9.17) is 4.74 Å². The molecule has 0 amide bonds. The van der Waals surface area contributed by atoms with Crippen molar-refractivity contribution in [2.75, 3.05) is 7.11 Å². The molecule has 1 aliphatic carbocycles. The first kappa shape index (κ1) is 11.1. The molecule has 0 unspecified atom stereocenters. The Hall–Kier alpha value is -1.97. The molecule has 94 valence electrons. The van der Waals surface area contributed by atoms with Crippen molar-refractivity contribution in [1.29, 1.82) is 0 Å². The summed E-state index contributed by atoms with van der Waals surface area (Å²) in [5.41, 5.74) is 1.19. The smallest absolute Gasteiger partial charge is 0.328 e. The molecule has 2 aromatic rings. The molecule has 1 saturated carbocycles. The normalized spacial score (nSPS) is 14.7. The molecule has 0 bridgehead atoms. The van der Waals surface area contributed by atoms with Gasteiger partial charge in [0.1, 0.15) is 5.75 Å². The zero-order valence-electron chi connectivity index (χ0n) is 10.4. The largest absolute Gasteiger partial charge is 0.497 e. The lowest BCUT2D eigenvalue weighted by atomic mass is 10.2. The summed E-state index contributed by atoms with van der Waals surface area (Å²) in [7, 11) is 1.65. The SMILES string of the molecule is COc1ccc(Cn2ccn(C3CC3)c2=O)cc1. The van der Waals surface area contributed by atoms with Gasteiger partial charge in [-0.3, -0.25) is 9.13 Å². The van der Waals surface area contributed by atoms with Gasteiger partial charge in [0.15, 0.2) is 0 Å². The maximum atomic E-state index is 12.1. The number of hydrogen-bond acceptors (Lipinski definition) is 2. The van der Waals surface area contributed by atoms with Crippen molar-refractivity contribution in [1.82, 2.24) is 9.13 Å². The summed E-state index contributed by atoms with van der Waals surface area (Å²) in [6.45, 7) is 0.614. The third kappa shape index (κ3) is 2.06. The average Bonchev–Trinajstić information content (AvgIpc) is 3.17. The summed E-state index contributed by atoms with van der Waals surface area (Å²) in [5.74, 6) is 0.835. The Bertz CT molecular complexity index is 591. The van der Waals surface area contributed by atoms with Crippen molar-refractivity contribution in [2.45, 2.75) is 25.4 Å². The minimum atomic E-state index is 0.0910. The molecule has 0 radical (unpaired) electrons. The van der Waals surface area contributed by atoms with Gasteiger partial charge in [-0.15, -0.1) is 0 Å². The lowest BCUT2D eigenvalue weighted by Crippen LogP contribution is -2.23. The Morgan fingerprint density at radius 3 is 2.56 bits per heavy atom. The Morgan fingerprint density at radius 1 is 1.22 bits per heavy atom. The van der Waals surface area contributed by atoms with Crippen molar-refractivity contribution in [3.63, 3.8) is 0 Å². The molecule has 1 aromatic heterocycles. The quantitative estimate of drug-likeness (QED) is 0.825. The van der Waals surface area contributed by atoms with Gasteiger partial charge in [0, 0.05) is 18.4 Å². The summed E-state index contributed by atoms with van der Waals surface area (Å²) in [5, 5.41) is 0. The van der Waals surface area contributed by atoms with Crippen LogP contribution in [0.3, 0.4) is 0 Å². The minimum absolute atomic E-state index is 0.0910. The van der Waals surface area contributed by atoms with Gasteiger partial charge >= 0.3 is 5.69 Å². The second-order valence-corrected chi connectivity index (χ2v) is 4.70. The third-order valence-corrected chi connectivity index (χ3v) is 3.33. The molecule has 3 rings (SSSR count). The molecule has 4 heteroatoms. The van der Waals surface area contributed by atoms with E-state index in [2.05, 4.69) is 0 Å². The van der Waals surface area contributed by atoms with Crippen LogP contribution in [-0.4, -0.2) is 16.2 Å². The van der Waals surface area contributed by atoms with E-state index in [1.807, 2.05) is 41.2 Å². The Balaban J connectivity index is 1.81. The Morgan fingerprint density at radius 2 is 1.94 bits per heavy atom. The minimum Gasteiger partial charge on any atom is -0.497 e. The molecule has 0 spiro atoms. The fraction of sp³-hybridized carbons (Fsp3) is 0.357. The van der Waals surface area contributed by atoms with E-state index in [9.17, 15) is 4.79 Å². The predicted molar refractivity (Wildman–Crippen MR) is 69.1 cm³/mol. The van der Waals surface area contributed by atoms with Gasteiger partial charge in [-0.25, -0.2) is 4.79 Å². The van der Waals surface area contributed by atoms with Crippen molar-refractivity contribution in [2.24, 2.45) is 0 Å². The first-order valence-corrected chi connectivity index (χ1v) is 6.18. The molecule has 1 heterocycles. The van der Waals surface area contributed by atoms with Gasteiger partial charge in [0.2, 0.25) is 0 Å². The lowest BCUT2D eigenvalue weighted by Gasteiger charge is -2.04. The highest BCUT2D eigenvalue weighted by atomic mass is 16.5. The first-order valence-electron chi connectivity index (χ1n) is 6.18. The van der Waals surface area contributed by atoms with Crippen LogP contribution in [0.2, 0.25) is 0 Å². The van der Waals surface area contributed by atoms with Crippen LogP contribution in [-0.2, 0) is 6.54 Å². The highest BCUT2D eigenvalue weighted by Gasteiger charge is 2.25. The van der Waals surface area contributed by atoms with Crippen molar-refractivity contribution < 1.29 is 4.74 Å². The standard InChI is InChI=1S/C14H16N2O2/c1-18-13-6-2-11(3-7-13)10-15-8-9-16(14(15)17)12-4-5-12/h2-3,6-9,12H,4-5,10H2,1H3. The van der Waals surface area contributed by atoms with Crippen LogP contribution in [0.4, 0.5) is 0 Å². The van der Waals surface area contributed by atoms with Gasteiger partial charge in [0.05, 0.1) is 13.7 Å². The van der Waals surface area contributed by atoms with E-state index < -0.39 is 0 Å². The molecule has 1 fully saturated rings. The number of rotatable bonds is 4. The van der Waals surface area contributed by atoms with Crippen molar-refractivity contribution in [3.8, 4) is 5.75 Å². The van der Waals surface area contributed by atoms with Crippen LogP contribution < -0.4 is 10.4 Å². The average molecular weight is 244 g/mol. The zero-order valence-corrected chi connectivity index (χ0v) is 10.4. The maximum Gasteiger partial charge on any atom is 0.328 e. The van der Waals surface area contributed by atoms with Crippen LogP contribution in [0.25, 0.3) is 0 Å². The molecule has 1 aromatic carbocycles. The topological polar surface area (TPSA) is 36.2 Å². The molecule has 0 aliphatic heterocycles. The molecule has 0 N–H and O–H groups in total. The van der Waals surface area contributed by atoms with Crippen LogP contribution >= 0.6 is 0 Å². The fourth-order valence-corrected chi connectivity index (χ4v) is 2.11. The summed E-state index contributed by atoms with van der Waals surface area (Å²) in [6.07, 6.45) is 6.02. The molecule has 1 aliphatic rings. The summed E-state index contributed by atoms with van der Waals surface area (Å²) in [6, 6.07) is 8.24. The molecule has 0 saturated heterocycles. The first-order chi connectivity index (χ1) is 8.78. The fourth-order valence-electron chi connectivity index (χ4n) is 2.11. The number of ether oxygens (including phenoxy) is 1. The highest BCUT2D eigenvalue weighted by molar-refractivity contribution is 5.27. The van der Waals surface area contributed by atoms with Crippen LogP contribution in [0.15, 0.2) is 41.5 Å². The number of methoxy groups -OCH3 is 1. The van der Waals surface area contributed by atoms with Crippen molar-refractivity contribution >= 4 is 0 Å². The number of imidazole rings is 1. The van der Waals surface area contributed by atoms with Gasteiger partial charge in [-0.1, -0.05) is 12.1 Å². The Labute approximate surface area is 105 Å². The maximum absolute atomic E-state index is 12.1. The van der Waals surface area contributed by atoms with E-state index in [0.717, 1.165) is 24.2 Å². The van der Waals surface area contributed by atoms with Crippen LogP contribution in [0.5, 0.6) is 5.75 Å². The molecule has 18 heavy (non-hydrogen) atoms. The summed E-state index contributed by atoms with van der Waals surface area (Å²) >= 11 is 0. The van der Waals surface area contributed by atoms with Gasteiger partial charge in [-0.05, 0) is 30.5 Å². The highest BCUT2D eigenvalue weighted by Crippen LogP contribution is 2.33.